The van der Waals surface area contributed by atoms with E-state index in [2.05, 4.69) is 10.1 Å². The van der Waals surface area contributed by atoms with Crippen molar-refractivity contribution in [2.75, 3.05) is 0 Å². The molecular weight excluding hydrogens is 281 g/mol. The van der Waals surface area contributed by atoms with Gasteiger partial charge in [-0.15, -0.1) is 0 Å². The Kier molecular flexibility index (Phi) is 3.21. The highest BCUT2D eigenvalue weighted by molar-refractivity contribution is 5.60. The summed E-state index contributed by atoms with van der Waals surface area (Å²) in [4.78, 5) is 4.13. The van der Waals surface area contributed by atoms with Gasteiger partial charge in [0.2, 0.25) is 5.82 Å². The number of hydrogen-bond acceptors (Lipinski definition) is 3. The predicted molar refractivity (Wildman–Crippen MR) is 70.2 cm³/mol. The summed E-state index contributed by atoms with van der Waals surface area (Å²) in [5.41, 5.74) is 0.227. The topological polar surface area (TPSA) is 38.9 Å². The highest BCUT2D eigenvalue weighted by Gasteiger charge is 2.30. The molecule has 6 heteroatoms. The molecule has 0 N–H and O–H groups in total. The fraction of sp³-hybridized carbons (Fsp3) is 0.0667. The Morgan fingerprint density at radius 3 is 2.29 bits per heavy atom. The summed E-state index contributed by atoms with van der Waals surface area (Å²) in [6, 6.07) is 13.8. The lowest BCUT2D eigenvalue weighted by Crippen LogP contribution is -2.04. The molecule has 0 saturated heterocycles. The van der Waals surface area contributed by atoms with E-state index in [1.165, 1.54) is 12.1 Å². The van der Waals surface area contributed by atoms with Crippen LogP contribution in [-0.4, -0.2) is 10.1 Å². The first kappa shape index (κ1) is 13.4. The molecule has 0 atom stereocenters. The smallest absolute Gasteiger partial charge is 0.334 e. The van der Waals surface area contributed by atoms with Crippen molar-refractivity contribution in [3.8, 4) is 22.8 Å². The van der Waals surface area contributed by atoms with Gasteiger partial charge in [0.25, 0.3) is 5.89 Å². The van der Waals surface area contributed by atoms with Gasteiger partial charge < -0.3 is 4.52 Å². The normalized spacial score (nSPS) is 11.6. The number of rotatable bonds is 2. The van der Waals surface area contributed by atoms with E-state index >= 15 is 0 Å². The number of alkyl halides is 3. The monoisotopic (exact) mass is 290 g/mol. The molecule has 0 fully saturated rings. The van der Waals surface area contributed by atoms with E-state index in [1.54, 1.807) is 12.1 Å². The van der Waals surface area contributed by atoms with Gasteiger partial charge in [-0.25, -0.2) is 0 Å². The van der Waals surface area contributed by atoms with Gasteiger partial charge in [0, 0.05) is 11.1 Å². The second-order valence-electron chi connectivity index (χ2n) is 4.37. The zero-order valence-corrected chi connectivity index (χ0v) is 10.6. The lowest BCUT2D eigenvalue weighted by Gasteiger charge is -2.06. The fourth-order valence-corrected chi connectivity index (χ4v) is 1.87. The molecule has 0 amide bonds. The van der Waals surface area contributed by atoms with Crippen LogP contribution in [0.5, 0.6) is 0 Å². The van der Waals surface area contributed by atoms with Gasteiger partial charge in [-0.1, -0.05) is 35.5 Å². The van der Waals surface area contributed by atoms with Gasteiger partial charge in [0.15, 0.2) is 0 Å². The minimum absolute atomic E-state index is 0.125. The van der Waals surface area contributed by atoms with Crippen LogP contribution < -0.4 is 0 Å². The largest absolute Gasteiger partial charge is 0.416 e. The molecule has 0 saturated carbocycles. The first-order chi connectivity index (χ1) is 10.0. The minimum Gasteiger partial charge on any atom is -0.334 e. The van der Waals surface area contributed by atoms with E-state index in [9.17, 15) is 13.2 Å². The van der Waals surface area contributed by atoms with Crippen LogP contribution in [0.1, 0.15) is 5.56 Å². The van der Waals surface area contributed by atoms with Crippen LogP contribution in [0.25, 0.3) is 22.8 Å². The number of nitrogens with zero attached hydrogens (tertiary/aromatic N) is 2. The van der Waals surface area contributed by atoms with Gasteiger partial charge in [-0.3, -0.25) is 0 Å². The van der Waals surface area contributed by atoms with Gasteiger partial charge in [0.05, 0.1) is 5.56 Å². The maximum absolute atomic E-state index is 12.7. The van der Waals surface area contributed by atoms with Crippen LogP contribution in [0.3, 0.4) is 0 Å². The summed E-state index contributed by atoms with van der Waals surface area (Å²) in [5.74, 6) is 0.392. The summed E-state index contributed by atoms with van der Waals surface area (Å²) in [7, 11) is 0. The van der Waals surface area contributed by atoms with Crippen molar-refractivity contribution in [3.05, 3.63) is 60.2 Å². The van der Waals surface area contributed by atoms with Gasteiger partial charge in [-0.05, 0) is 24.3 Å². The molecule has 0 unspecified atom stereocenters. The quantitative estimate of drug-likeness (QED) is 0.701. The van der Waals surface area contributed by atoms with Crippen molar-refractivity contribution in [1.29, 1.82) is 0 Å². The van der Waals surface area contributed by atoms with Crippen molar-refractivity contribution < 1.29 is 17.7 Å². The summed E-state index contributed by atoms with van der Waals surface area (Å²) in [6.07, 6.45) is -4.40. The highest BCUT2D eigenvalue weighted by Crippen LogP contribution is 2.31. The molecule has 3 nitrogen and oxygen atoms in total. The molecule has 0 aliphatic carbocycles. The Balaban J connectivity index is 1.97. The number of halogens is 3. The molecule has 0 spiro atoms. The third kappa shape index (κ3) is 2.79. The highest BCUT2D eigenvalue weighted by atomic mass is 19.4. The van der Waals surface area contributed by atoms with E-state index in [0.29, 0.717) is 5.56 Å². The molecule has 0 aliphatic rings. The number of hydrogen-bond donors (Lipinski definition) is 0. The van der Waals surface area contributed by atoms with Crippen LogP contribution >= 0.6 is 0 Å². The Morgan fingerprint density at radius 1 is 0.857 bits per heavy atom. The Labute approximate surface area is 118 Å². The van der Waals surface area contributed by atoms with Crippen LogP contribution in [-0.2, 0) is 6.18 Å². The van der Waals surface area contributed by atoms with Crippen molar-refractivity contribution in [1.82, 2.24) is 10.1 Å². The lowest BCUT2D eigenvalue weighted by atomic mass is 10.1. The summed E-state index contributed by atoms with van der Waals surface area (Å²) < 4.78 is 43.2. The van der Waals surface area contributed by atoms with Crippen molar-refractivity contribution in [2.45, 2.75) is 6.18 Å². The molecule has 3 aromatic rings. The minimum atomic E-state index is -4.40. The van der Waals surface area contributed by atoms with E-state index in [4.69, 9.17) is 4.52 Å². The van der Waals surface area contributed by atoms with E-state index in [1.807, 2.05) is 18.2 Å². The van der Waals surface area contributed by atoms with Crippen LogP contribution in [0, 0.1) is 0 Å². The van der Waals surface area contributed by atoms with Gasteiger partial charge in [0.1, 0.15) is 0 Å². The summed E-state index contributed by atoms with van der Waals surface area (Å²) in [5, 5.41) is 3.73. The summed E-state index contributed by atoms with van der Waals surface area (Å²) in [6.45, 7) is 0. The van der Waals surface area contributed by atoms with E-state index < -0.39 is 11.7 Å². The molecule has 21 heavy (non-hydrogen) atoms. The Hall–Kier alpha value is -2.63. The maximum Gasteiger partial charge on any atom is 0.416 e. The molecule has 106 valence electrons. The standard InChI is InChI=1S/C15H9F3N2O/c16-15(17,18)12-8-4-7-11(9-12)13-19-14(21-20-13)10-5-2-1-3-6-10/h1-9H. The molecule has 2 aromatic carbocycles. The SMILES string of the molecule is FC(F)(F)c1cccc(-c2noc(-c3ccccc3)n2)c1. The van der Waals surface area contributed by atoms with Gasteiger partial charge >= 0.3 is 6.18 Å². The third-order valence-electron chi connectivity index (χ3n) is 2.89. The molecular formula is C15H9F3N2O. The van der Waals surface area contributed by atoms with Gasteiger partial charge in [-0.2, -0.15) is 18.2 Å². The van der Waals surface area contributed by atoms with Crippen molar-refractivity contribution in [2.24, 2.45) is 0 Å². The first-order valence-corrected chi connectivity index (χ1v) is 6.11. The van der Waals surface area contributed by atoms with Crippen LogP contribution in [0.2, 0.25) is 0 Å². The maximum atomic E-state index is 12.7. The van der Waals surface area contributed by atoms with Crippen LogP contribution in [0.4, 0.5) is 13.2 Å². The second kappa shape index (κ2) is 5.05. The van der Waals surface area contributed by atoms with Crippen molar-refractivity contribution >= 4 is 0 Å². The molecule has 0 bridgehead atoms. The van der Waals surface area contributed by atoms with Crippen LogP contribution in [0.15, 0.2) is 59.1 Å². The zero-order chi connectivity index (χ0) is 14.9. The molecule has 1 heterocycles. The fourth-order valence-electron chi connectivity index (χ4n) is 1.87. The molecule has 1 aromatic heterocycles. The average molecular weight is 290 g/mol. The number of benzene rings is 2. The molecule has 0 radical (unpaired) electrons. The molecule has 3 rings (SSSR count). The average Bonchev–Trinajstić information content (AvgIpc) is 2.97. The zero-order valence-electron chi connectivity index (χ0n) is 10.6. The second-order valence-corrected chi connectivity index (χ2v) is 4.37. The summed E-state index contributed by atoms with van der Waals surface area (Å²) >= 11 is 0. The first-order valence-electron chi connectivity index (χ1n) is 6.11. The predicted octanol–water partition coefficient (Wildman–Crippen LogP) is 4.42. The number of aromatic nitrogens is 2. The Morgan fingerprint density at radius 2 is 1.57 bits per heavy atom. The molecule has 0 aliphatic heterocycles. The van der Waals surface area contributed by atoms with E-state index in [0.717, 1.165) is 12.1 Å². The third-order valence-corrected chi connectivity index (χ3v) is 2.89. The Bertz CT molecular complexity index is 751. The lowest BCUT2D eigenvalue weighted by molar-refractivity contribution is -0.137. The van der Waals surface area contributed by atoms with Crippen molar-refractivity contribution in [3.63, 3.8) is 0 Å². The van der Waals surface area contributed by atoms with E-state index in [-0.39, 0.29) is 17.3 Å².